The molecule has 0 radical (unpaired) electrons. The van der Waals surface area contributed by atoms with Crippen molar-refractivity contribution in [3.63, 3.8) is 0 Å². The van der Waals surface area contributed by atoms with Gasteiger partial charge in [0.05, 0.1) is 40.8 Å². The van der Waals surface area contributed by atoms with Gasteiger partial charge in [-0.25, -0.2) is 13.4 Å². The monoisotopic (exact) mass is 460 g/mol. The lowest BCUT2D eigenvalue weighted by atomic mass is 9.93. The van der Waals surface area contributed by atoms with E-state index in [2.05, 4.69) is 11.1 Å². The van der Waals surface area contributed by atoms with Crippen molar-refractivity contribution in [3.8, 4) is 6.07 Å². The molecule has 2 fully saturated rings. The van der Waals surface area contributed by atoms with Gasteiger partial charge in [-0.2, -0.15) is 5.26 Å². The van der Waals surface area contributed by atoms with Gasteiger partial charge >= 0.3 is 0 Å². The molecule has 0 spiro atoms. The van der Waals surface area contributed by atoms with Crippen LogP contribution < -0.4 is 0 Å². The molecule has 1 aromatic heterocycles. The number of aryl methyl sites for hydroxylation is 1. The normalized spacial score (nSPS) is 21.2. The quantitative estimate of drug-likeness (QED) is 0.588. The number of thioether (sulfide) groups is 1. The zero-order valence-corrected chi connectivity index (χ0v) is 19.2. The number of para-hydroxylation sites is 2. The van der Waals surface area contributed by atoms with Crippen LogP contribution in [0, 0.1) is 11.3 Å². The number of imidazole rings is 1. The summed E-state index contributed by atoms with van der Waals surface area (Å²) < 4.78 is 26.2. The van der Waals surface area contributed by atoms with Gasteiger partial charge in [0, 0.05) is 18.6 Å². The molecule has 1 saturated carbocycles. The van der Waals surface area contributed by atoms with E-state index in [0.717, 1.165) is 41.9 Å². The molecule has 1 aromatic carbocycles. The maximum absolute atomic E-state index is 13.4. The SMILES string of the molecule is N#CCCn1c(SCC(=O)N(C2CCCCC2)C2CCS(=O)(=O)C2)nc2ccccc21. The third-order valence-electron chi connectivity index (χ3n) is 6.25. The van der Waals surface area contributed by atoms with Crippen LogP contribution in [0.1, 0.15) is 44.9 Å². The fourth-order valence-corrected chi connectivity index (χ4v) is 7.42. The summed E-state index contributed by atoms with van der Waals surface area (Å²) in [5.74, 6) is 0.479. The van der Waals surface area contributed by atoms with Crippen LogP contribution in [-0.4, -0.2) is 58.1 Å². The molecule has 31 heavy (non-hydrogen) atoms. The number of hydrogen-bond donors (Lipinski definition) is 0. The standard InChI is InChI=1S/C22H28N4O3S2/c23-12-6-13-25-20-10-5-4-9-19(20)24-22(25)30-15-21(27)26(17-7-2-1-3-8-17)18-11-14-31(28,29)16-18/h4-5,9-10,17-18H,1-3,6-8,11,13-16H2. The van der Waals surface area contributed by atoms with Crippen molar-refractivity contribution in [1.29, 1.82) is 5.26 Å². The van der Waals surface area contributed by atoms with Crippen LogP contribution in [0.2, 0.25) is 0 Å². The Morgan fingerprint density at radius 3 is 2.68 bits per heavy atom. The average Bonchev–Trinajstić information content (AvgIpc) is 3.31. The van der Waals surface area contributed by atoms with E-state index >= 15 is 0 Å². The predicted octanol–water partition coefficient (Wildman–Crippen LogP) is 3.39. The van der Waals surface area contributed by atoms with Gasteiger partial charge in [-0.05, 0) is 31.4 Å². The summed E-state index contributed by atoms with van der Waals surface area (Å²) in [5, 5.41) is 9.76. The van der Waals surface area contributed by atoms with Crippen LogP contribution in [0.3, 0.4) is 0 Å². The first-order chi connectivity index (χ1) is 15.0. The van der Waals surface area contributed by atoms with Gasteiger partial charge in [-0.15, -0.1) is 0 Å². The largest absolute Gasteiger partial charge is 0.335 e. The minimum absolute atomic E-state index is 0.00195. The highest BCUT2D eigenvalue weighted by Crippen LogP contribution is 2.30. The lowest BCUT2D eigenvalue weighted by Crippen LogP contribution is -2.49. The molecule has 2 heterocycles. The van der Waals surface area contributed by atoms with Crippen molar-refractivity contribution in [3.05, 3.63) is 24.3 Å². The average molecular weight is 461 g/mol. The van der Waals surface area contributed by atoms with E-state index in [0.29, 0.717) is 19.4 Å². The lowest BCUT2D eigenvalue weighted by Gasteiger charge is -2.38. The van der Waals surface area contributed by atoms with Gasteiger partial charge in [-0.3, -0.25) is 4.79 Å². The van der Waals surface area contributed by atoms with E-state index in [9.17, 15) is 13.2 Å². The summed E-state index contributed by atoms with van der Waals surface area (Å²) in [6, 6.07) is 9.88. The van der Waals surface area contributed by atoms with Gasteiger partial charge in [0.25, 0.3) is 0 Å². The third kappa shape index (κ3) is 5.07. The molecule has 0 N–H and O–H groups in total. The third-order valence-corrected chi connectivity index (χ3v) is 8.96. The van der Waals surface area contributed by atoms with Crippen LogP contribution in [0.4, 0.5) is 0 Å². The second-order valence-corrected chi connectivity index (χ2v) is 11.6. The molecule has 9 heteroatoms. The molecule has 166 valence electrons. The van der Waals surface area contributed by atoms with E-state index in [-0.39, 0.29) is 35.2 Å². The van der Waals surface area contributed by atoms with Crippen LogP contribution in [0.15, 0.2) is 29.4 Å². The molecule has 1 atom stereocenters. The highest BCUT2D eigenvalue weighted by molar-refractivity contribution is 7.99. The van der Waals surface area contributed by atoms with Crippen molar-refractivity contribution in [1.82, 2.24) is 14.5 Å². The zero-order valence-electron chi connectivity index (χ0n) is 17.6. The van der Waals surface area contributed by atoms with Crippen LogP contribution in [-0.2, 0) is 21.2 Å². The summed E-state index contributed by atoms with van der Waals surface area (Å²) in [5.41, 5.74) is 1.81. The first-order valence-corrected chi connectivity index (χ1v) is 13.8. The highest BCUT2D eigenvalue weighted by atomic mass is 32.2. The van der Waals surface area contributed by atoms with Gasteiger partial charge in [0.1, 0.15) is 0 Å². The van der Waals surface area contributed by atoms with Gasteiger partial charge in [0.2, 0.25) is 5.91 Å². The molecular weight excluding hydrogens is 432 g/mol. The summed E-state index contributed by atoms with van der Waals surface area (Å²) in [7, 11) is -3.06. The number of carbonyl (C=O) groups is 1. The second kappa shape index (κ2) is 9.61. The second-order valence-electron chi connectivity index (χ2n) is 8.38. The molecule has 7 nitrogen and oxygen atoms in total. The number of benzene rings is 1. The number of aromatic nitrogens is 2. The minimum Gasteiger partial charge on any atom is -0.335 e. The summed E-state index contributed by atoms with van der Waals surface area (Å²) in [6.07, 6.45) is 6.17. The van der Waals surface area contributed by atoms with Crippen LogP contribution in [0.25, 0.3) is 11.0 Å². The lowest BCUT2D eigenvalue weighted by molar-refractivity contribution is -0.133. The Balaban J connectivity index is 1.53. The summed E-state index contributed by atoms with van der Waals surface area (Å²) in [4.78, 5) is 20.0. The van der Waals surface area contributed by atoms with Crippen molar-refractivity contribution < 1.29 is 13.2 Å². The van der Waals surface area contributed by atoms with Gasteiger partial charge in [-0.1, -0.05) is 43.2 Å². The van der Waals surface area contributed by atoms with Crippen molar-refractivity contribution in [2.75, 3.05) is 17.3 Å². The predicted molar refractivity (Wildman–Crippen MR) is 121 cm³/mol. The van der Waals surface area contributed by atoms with Crippen molar-refractivity contribution in [2.24, 2.45) is 0 Å². The van der Waals surface area contributed by atoms with E-state index in [1.54, 1.807) is 0 Å². The van der Waals surface area contributed by atoms with Crippen molar-refractivity contribution >= 4 is 38.5 Å². The number of rotatable bonds is 7. The maximum Gasteiger partial charge on any atom is 0.233 e. The number of hydrogen-bond acceptors (Lipinski definition) is 6. The van der Waals surface area contributed by atoms with E-state index in [1.807, 2.05) is 33.7 Å². The Labute approximate surface area is 187 Å². The molecule has 1 amide bonds. The molecule has 1 unspecified atom stereocenters. The fourth-order valence-electron chi connectivity index (χ4n) is 4.80. The number of nitriles is 1. The number of fused-ring (bicyclic) bond motifs is 1. The molecule has 0 bridgehead atoms. The number of amides is 1. The summed E-state index contributed by atoms with van der Waals surface area (Å²) >= 11 is 1.38. The Bertz CT molecular complexity index is 1080. The topological polar surface area (TPSA) is 96.1 Å². The first-order valence-electron chi connectivity index (χ1n) is 10.9. The fraction of sp³-hybridized carbons (Fsp3) is 0.591. The summed E-state index contributed by atoms with van der Waals surface area (Å²) in [6.45, 7) is 0.529. The molecule has 1 aliphatic carbocycles. The van der Waals surface area contributed by atoms with Gasteiger partial charge in [0.15, 0.2) is 15.0 Å². The number of carbonyl (C=O) groups excluding carboxylic acids is 1. The van der Waals surface area contributed by atoms with E-state index < -0.39 is 9.84 Å². The number of sulfone groups is 1. The Morgan fingerprint density at radius 2 is 1.97 bits per heavy atom. The Hall–Kier alpha value is -2.05. The molecule has 2 aliphatic rings. The van der Waals surface area contributed by atoms with E-state index in [4.69, 9.17) is 5.26 Å². The highest BCUT2D eigenvalue weighted by Gasteiger charge is 2.38. The Kier molecular flexibility index (Phi) is 6.87. The van der Waals surface area contributed by atoms with Gasteiger partial charge < -0.3 is 9.47 Å². The van der Waals surface area contributed by atoms with Crippen LogP contribution in [0.5, 0.6) is 0 Å². The smallest absolute Gasteiger partial charge is 0.233 e. The molecule has 1 saturated heterocycles. The zero-order chi connectivity index (χ0) is 21.8. The Morgan fingerprint density at radius 1 is 1.19 bits per heavy atom. The van der Waals surface area contributed by atoms with E-state index in [1.165, 1.54) is 18.2 Å². The molecule has 2 aromatic rings. The first kappa shape index (κ1) is 22.2. The molecule has 1 aliphatic heterocycles. The van der Waals surface area contributed by atoms with Crippen LogP contribution >= 0.6 is 11.8 Å². The molecular formula is C22H28N4O3S2. The minimum atomic E-state index is -3.06. The maximum atomic E-state index is 13.4. The number of nitrogens with zero attached hydrogens (tertiary/aromatic N) is 4. The molecule has 4 rings (SSSR count). The van der Waals surface area contributed by atoms with Crippen molar-refractivity contribution in [2.45, 2.75) is 68.7 Å².